The van der Waals surface area contributed by atoms with Crippen LogP contribution in [0.4, 0.5) is 0 Å². The Hall–Kier alpha value is -2.60. The van der Waals surface area contributed by atoms with Gasteiger partial charge in [0, 0.05) is 39.8 Å². The third-order valence-corrected chi connectivity index (χ3v) is 7.04. The number of piperazine rings is 1. The van der Waals surface area contributed by atoms with E-state index in [0.29, 0.717) is 6.42 Å². The number of rotatable bonds is 2. The molecule has 2 aliphatic heterocycles. The van der Waals surface area contributed by atoms with Crippen molar-refractivity contribution in [3.63, 3.8) is 0 Å². The minimum atomic E-state index is -0.430. The highest BCUT2D eigenvalue weighted by atomic mass is 32.1. The number of hydrogen-bond acceptors (Lipinski definition) is 3. The van der Waals surface area contributed by atoms with E-state index >= 15 is 0 Å². The average Bonchev–Trinajstić information content (AvgIpc) is 3.29. The Morgan fingerprint density at radius 2 is 2.00 bits per heavy atom. The molecule has 0 saturated carbocycles. The van der Waals surface area contributed by atoms with Crippen LogP contribution < -0.4 is 0 Å². The molecule has 0 spiro atoms. The molecule has 27 heavy (non-hydrogen) atoms. The van der Waals surface area contributed by atoms with Crippen LogP contribution in [0.2, 0.25) is 0 Å². The molecule has 5 rings (SSSR count). The van der Waals surface area contributed by atoms with E-state index < -0.39 is 6.04 Å². The van der Waals surface area contributed by atoms with Gasteiger partial charge in [0.1, 0.15) is 12.1 Å². The Kier molecular flexibility index (Phi) is 3.65. The molecule has 1 saturated heterocycles. The fraction of sp³-hybridized carbons (Fsp3) is 0.333. The van der Waals surface area contributed by atoms with Crippen LogP contribution in [0.3, 0.4) is 0 Å². The van der Waals surface area contributed by atoms with Crippen molar-refractivity contribution in [1.29, 1.82) is 0 Å². The third-order valence-electron chi connectivity index (χ3n) is 5.75. The Bertz CT molecular complexity index is 1070. The normalized spacial score (nSPS) is 22.3. The van der Waals surface area contributed by atoms with Crippen LogP contribution >= 0.6 is 11.3 Å². The molecular weight excluding hydrogens is 358 g/mol. The van der Waals surface area contributed by atoms with Crippen molar-refractivity contribution in [3.8, 4) is 0 Å². The van der Waals surface area contributed by atoms with Crippen molar-refractivity contribution in [2.45, 2.75) is 31.8 Å². The van der Waals surface area contributed by atoms with Gasteiger partial charge in [-0.25, -0.2) is 0 Å². The zero-order chi connectivity index (χ0) is 18.7. The van der Waals surface area contributed by atoms with Crippen molar-refractivity contribution in [2.75, 3.05) is 13.6 Å². The van der Waals surface area contributed by atoms with Gasteiger partial charge in [-0.05, 0) is 30.2 Å². The number of para-hydroxylation sites is 1. The van der Waals surface area contributed by atoms with Gasteiger partial charge in [-0.15, -0.1) is 11.3 Å². The fourth-order valence-corrected chi connectivity index (χ4v) is 5.50. The summed E-state index contributed by atoms with van der Waals surface area (Å²) in [5, 5.41) is 1.15. The largest absolute Gasteiger partial charge is 0.356 e. The molecule has 3 aromatic rings. The molecule has 0 unspecified atom stereocenters. The number of H-pyrrole nitrogens is 1. The van der Waals surface area contributed by atoms with Gasteiger partial charge in [0.05, 0.1) is 6.54 Å². The molecule has 5 nitrogen and oxygen atoms in total. The number of aromatic nitrogens is 1. The van der Waals surface area contributed by atoms with Gasteiger partial charge in [0.25, 0.3) is 0 Å². The number of amides is 2. The predicted molar refractivity (Wildman–Crippen MR) is 106 cm³/mol. The maximum atomic E-state index is 13.0. The van der Waals surface area contributed by atoms with E-state index in [1.54, 1.807) is 23.3 Å². The number of nitrogens with one attached hydrogen (secondary N) is 1. The van der Waals surface area contributed by atoms with Crippen LogP contribution in [-0.4, -0.2) is 46.2 Å². The Morgan fingerprint density at radius 1 is 1.19 bits per heavy atom. The maximum Gasteiger partial charge on any atom is 0.245 e. The van der Waals surface area contributed by atoms with E-state index in [9.17, 15) is 9.59 Å². The van der Waals surface area contributed by atoms with Crippen molar-refractivity contribution in [3.05, 3.63) is 57.4 Å². The van der Waals surface area contributed by atoms with Gasteiger partial charge in [-0.2, -0.15) is 0 Å². The lowest BCUT2D eigenvalue weighted by Gasteiger charge is -2.45. The molecule has 2 atom stereocenters. The summed E-state index contributed by atoms with van der Waals surface area (Å²) < 4.78 is 0. The van der Waals surface area contributed by atoms with Crippen LogP contribution in [0.1, 0.15) is 34.0 Å². The van der Waals surface area contributed by atoms with Gasteiger partial charge in [-0.3, -0.25) is 9.59 Å². The average molecular weight is 379 g/mol. The molecule has 1 fully saturated rings. The number of carbonyl (C=O) groups excluding carboxylic acids is 2. The SMILES string of the molecule is CCc1ccc([C@H]2c3[nH]c4ccccc4c3C[C@@H]3C(=O)N(C)CC(=O)N23)s1. The molecule has 1 aromatic carbocycles. The summed E-state index contributed by atoms with van der Waals surface area (Å²) in [6.45, 7) is 2.28. The molecule has 2 amide bonds. The van der Waals surface area contributed by atoms with Crippen LogP contribution in [0.25, 0.3) is 10.9 Å². The number of nitrogens with zero attached hydrogens (tertiary/aromatic N) is 2. The number of likely N-dealkylation sites (N-methyl/N-ethyl adjacent to an activating group) is 1. The van der Waals surface area contributed by atoms with Crippen LogP contribution in [0.15, 0.2) is 36.4 Å². The van der Waals surface area contributed by atoms with Crippen molar-refractivity contribution in [1.82, 2.24) is 14.8 Å². The predicted octanol–water partition coefficient (Wildman–Crippen LogP) is 3.11. The van der Waals surface area contributed by atoms with E-state index in [2.05, 4.69) is 36.2 Å². The summed E-state index contributed by atoms with van der Waals surface area (Å²) in [6, 6.07) is 11.8. The Balaban J connectivity index is 1.75. The van der Waals surface area contributed by atoms with Gasteiger partial charge in [0.2, 0.25) is 11.8 Å². The van der Waals surface area contributed by atoms with Crippen molar-refractivity contribution < 1.29 is 9.59 Å². The minimum absolute atomic E-state index is 0.0165. The van der Waals surface area contributed by atoms with E-state index in [1.807, 2.05) is 17.0 Å². The second-order valence-corrected chi connectivity index (χ2v) is 8.54. The van der Waals surface area contributed by atoms with Crippen LogP contribution in [0, 0.1) is 0 Å². The molecule has 0 radical (unpaired) electrons. The second-order valence-electron chi connectivity index (χ2n) is 7.34. The summed E-state index contributed by atoms with van der Waals surface area (Å²) in [7, 11) is 1.72. The highest BCUT2D eigenvalue weighted by molar-refractivity contribution is 7.12. The lowest BCUT2D eigenvalue weighted by molar-refractivity contribution is -0.157. The first-order chi connectivity index (χ1) is 13.1. The zero-order valence-electron chi connectivity index (χ0n) is 15.4. The highest BCUT2D eigenvalue weighted by Gasteiger charge is 2.47. The lowest BCUT2D eigenvalue weighted by atomic mass is 9.88. The molecule has 0 bridgehead atoms. The molecule has 0 aliphatic carbocycles. The lowest BCUT2D eigenvalue weighted by Crippen LogP contribution is -2.62. The first kappa shape index (κ1) is 16.6. The summed E-state index contributed by atoms with van der Waals surface area (Å²) >= 11 is 1.73. The number of aromatic amines is 1. The zero-order valence-corrected chi connectivity index (χ0v) is 16.2. The summed E-state index contributed by atoms with van der Waals surface area (Å²) in [6.07, 6.45) is 1.53. The summed E-state index contributed by atoms with van der Waals surface area (Å²) in [5.41, 5.74) is 3.29. The van der Waals surface area contributed by atoms with Crippen molar-refractivity contribution in [2.24, 2.45) is 0 Å². The van der Waals surface area contributed by atoms with E-state index in [1.165, 1.54) is 10.4 Å². The quantitative estimate of drug-likeness (QED) is 0.744. The third kappa shape index (κ3) is 2.36. The van der Waals surface area contributed by atoms with Crippen LogP contribution in [-0.2, 0) is 22.4 Å². The van der Waals surface area contributed by atoms with Gasteiger partial charge in [-0.1, -0.05) is 25.1 Å². The number of thiophene rings is 1. The topological polar surface area (TPSA) is 56.4 Å². The summed E-state index contributed by atoms with van der Waals surface area (Å²) in [5.74, 6) is 0.0469. The second kappa shape index (κ2) is 5.96. The maximum absolute atomic E-state index is 13.0. The standard InChI is InChI=1S/C21H21N3O2S/c1-3-12-8-9-17(27-12)20-19-14(13-6-4-5-7-15(13)22-19)10-16-21(26)23(2)11-18(25)24(16)20/h4-9,16,20,22H,3,10-11H2,1-2H3/t16-,20+/m1/s1. The number of aryl methyl sites for hydroxylation is 1. The Morgan fingerprint density at radius 3 is 2.78 bits per heavy atom. The van der Waals surface area contributed by atoms with Gasteiger partial charge < -0.3 is 14.8 Å². The van der Waals surface area contributed by atoms with Gasteiger partial charge >= 0.3 is 0 Å². The fourth-order valence-electron chi connectivity index (χ4n) is 4.44. The van der Waals surface area contributed by atoms with Crippen molar-refractivity contribution >= 4 is 34.1 Å². The molecule has 4 heterocycles. The van der Waals surface area contributed by atoms with E-state index in [4.69, 9.17) is 0 Å². The first-order valence-electron chi connectivity index (χ1n) is 9.32. The van der Waals surface area contributed by atoms with Crippen LogP contribution in [0.5, 0.6) is 0 Å². The molecular formula is C21H21N3O2S. The molecule has 6 heteroatoms. The molecule has 2 aromatic heterocycles. The smallest absolute Gasteiger partial charge is 0.245 e. The number of benzene rings is 1. The number of carbonyl (C=O) groups is 2. The van der Waals surface area contributed by atoms with E-state index in [-0.39, 0.29) is 24.4 Å². The minimum Gasteiger partial charge on any atom is -0.356 e. The molecule has 138 valence electrons. The molecule has 2 aliphatic rings. The first-order valence-corrected chi connectivity index (χ1v) is 10.1. The number of fused-ring (bicyclic) bond motifs is 4. The summed E-state index contributed by atoms with van der Waals surface area (Å²) in [4.78, 5) is 35.3. The Labute approximate surface area is 161 Å². The number of hydrogen-bond donors (Lipinski definition) is 1. The van der Waals surface area contributed by atoms with E-state index in [0.717, 1.165) is 27.9 Å². The monoisotopic (exact) mass is 379 g/mol. The highest BCUT2D eigenvalue weighted by Crippen LogP contribution is 2.44. The molecule has 1 N–H and O–H groups in total. The van der Waals surface area contributed by atoms with Gasteiger partial charge in [0.15, 0.2) is 0 Å².